The van der Waals surface area contributed by atoms with Crippen LogP contribution in [0.25, 0.3) is 0 Å². The molecule has 0 aromatic carbocycles. The van der Waals surface area contributed by atoms with Crippen molar-refractivity contribution in [3.05, 3.63) is 32.1 Å². The minimum Gasteiger partial charge on any atom is -0.302 e. The molecule has 0 aliphatic heterocycles. The molecule has 5 nitrogen and oxygen atoms in total. The first-order chi connectivity index (χ1) is 7.58. The Hall–Kier alpha value is -1.07. The fraction of sp³-hybridized carbons (Fsp3) is 0.600. The van der Waals surface area contributed by atoms with Crippen LogP contribution in [0.2, 0.25) is 5.02 Å². The molecule has 6 heteroatoms. The van der Waals surface area contributed by atoms with E-state index in [1.807, 2.05) is 0 Å². The number of halogens is 1. The summed E-state index contributed by atoms with van der Waals surface area (Å²) in [6.45, 7) is 7.27. The fourth-order valence-electron chi connectivity index (χ4n) is 1.44. The van der Waals surface area contributed by atoms with E-state index < -0.39 is 11.2 Å². The molecule has 0 unspecified atom stereocenters. The number of rotatable bonds is 5. The van der Waals surface area contributed by atoms with Crippen LogP contribution in [0, 0.1) is 0 Å². The van der Waals surface area contributed by atoms with Crippen molar-refractivity contribution in [3.63, 3.8) is 0 Å². The lowest BCUT2D eigenvalue weighted by Crippen LogP contribution is -2.34. The quantitative estimate of drug-likeness (QED) is 0.824. The number of aromatic amines is 1. The van der Waals surface area contributed by atoms with Crippen LogP contribution in [0.4, 0.5) is 0 Å². The maximum absolute atomic E-state index is 11.4. The van der Waals surface area contributed by atoms with Crippen LogP contribution in [-0.2, 0) is 6.54 Å². The van der Waals surface area contributed by atoms with Gasteiger partial charge in [-0.15, -0.1) is 0 Å². The largest absolute Gasteiger partial charge is 0.328 e. The van der Waals surface area contributed by atoms with Crippen molar-refractivity contribution in [2.45, 2.75) is 20.4 Å². The first-order valence-electron chi connectivity index (χ1n) is 5.30. The molecule has 1 aromatic heterocycles. The van der Waals surface area contributed by atoms with Crippen LogP contribution < -0.4 is 11.2 Å². The summed E-state index contributed by atoms with van der Waals surface area (Å²) in [6.07, 6.45) is 1.38. The minimum absolute atomic E-state index is 0.0409. The average Bonchev–Trinajstić information content (AvgIpc) is 2.26. The Morgan fingerprint density at radius 1 is 1.38 bits per heavy atom. The molecular weight excluding hydrogens is 230 g/mol. The topological polar surface area (TPSA) is 58.1 Å². The molecule has 16 heavy (non-hydrogen) atoms. The monoisotopic (exact) mass is 245 g/mol. The zero-order valence-corrected chi connectivity index (χ0v) is 10.3. The molecule has 90 valence electrons. The zero-order chi connectivity index (χ0) is 12.1. The van der Waals surface area contributed by atoms with E-state index in [1.54, 1.807) is 0 Å². The highest BCUT2D eigenvalue weighted by atomic mass is 35.5. The molecule has 0 saturated heterocycles. The van der Waals surface area contributed by atoms with Crippen LogP contribution in [0.1, 0.15) is 13.8 Å². The first-order valence-corrected chi connectivity index (χ1v) is 5.67. The number of aromatic nitrogens is 2. The maximum Gasteiger partial charge on any atom is 0.328 e. The number of hydrogen-bond donors (Lipinski definition) is 1. The smallest absolute Gasteiger partial charge is 0.302 e. The highest BCUT2D eigenvalue weighted by molar-refractivity contribution is 6.30. The predicted molar refractivity (Wildman–Crippen MR) is 64.1 cm³/mol. The van der Waals surface area contributed by atoms with Crippen molar-refractivity contribution in [3.8, 4) is 0 Å². The summed E-state index contributed by atoms with van der Waals surface area (Å²) in [5.41, 5.74) is -0.952. The van der Waals surface area contributed by atoms with E-state index in [0.29, 0.717) is 6.54 Å². The van der Waals surface area contributed by atoms with E-state index in [4.69, 9.17) is 11.6 Å². The van der Waals surface area contributed by atoms with Crippen LogP contribution in [0.15, 0.2) is 15.8 Å². The Balaban J connectivity index is 2.78. The van der Waals surface area contributed by atoms with Crippen molar-refractivity contribution in [2.75, 3.05) is 19.6 Å². The second-order valence-corrected chi connectivity index (χ2v) is 3.86. The van der Waals surface area contributed by atoms with Gasteiger partial charge in [0, 0.05) is 19.3 Å². The summed E-state index contributed by atoms with van der Waals surface area (Å²) in [5, 5.41) is 0.0409. The van der Waals surface area contributed by atoms with Gasteiger partial charge in [0.25, 0.3) is 5.56 Å². The van der Waals surface area contributed by atoms with Crippen molar-refractivity contribution in [2.24, 2.45) is 0 Å². The summed E-state index contributed by atoms with van der Waals surface area (Å²) in [4.78, 5) is 26.8. The van der Waals surface area contributed by atoms with Crippen molar-refractivity contribution >= 4 is 11.6 Å². The molecule has 0 aliphatic carbocycles. The SMILES string of the molecule is CCN(CC)CCn1cc(Cl)c(=O)[nH]c1=O. The number of nitrogens with zero attached hydrogens (tertiary/aromatic N) is 2. The Morgan fingerprint density at radius 2 is 2.00 bits per heavy atom. The molecule has 1 N–H and O–H groups in total. The van der Waals surface area contributed by atoms with E-state index >= 15 is 0 Å². The van der Waals surface area contributed by atoms with Crippen LogP contribution in [0.5, 0.6) is 0 Å². The molecular formula is C10H16ClN3O2. The van der Waals surface area contributed by atoms with Gasteiger partial charge in [0.2, 0.25) is 0 Å². The lowest BCUT2D eigenvalue weighted by molar-refractivity contribution is 0.288. The standard InChI is InChI=1S/C10H16ClN3O2/c1-3-13(4-2)5-6-14-7-8(11)9(15)12-10(14)16/h7H,3-6H2,1-2H3,(H,12,15,16). The van der Waals surface area contributed by atoms with E-state index in [9.17, 15) is 9.59 Å². The minimum atomic E-state index is -0.536. The summed E-state index contributed by atoms with van der Waals surface area (Å²) < 4.78 is 1.42. The number of likely N-dealkylation sites (N-methyl/N-ethyl adjacent to an activating group) is 1. The van der Waals surface area contributed by atoms with Crippen molar-refractivity contribution in [1.29, 1.82) is 0 Å². The van der Waals surface area contributed by atoms with E-state index in [0.717, 1.165) is 19.6 Å². The third kappa shape index (κ3) is 3.21. The highest BCUT2D eigenvalue weighted by Gasteiger charge is 2.04. The molecule has 1 aromatic rings. The lowest BCUT2D eigenvalue weighted by Gasteiger charge is -2.18. The Labute approximate surface area is 98.7 Å². The van der Waals surface area contributed by atoms with Gasteiger partial charge in [-0.25, -0.2) is 4.79 Å². The molecule has 1 rings (SSSR count). The fourth-order valence-corrected chi connectivity index (χ4v) is 1.60. The highest BCUT2D eigenvalue weighted by Crippen LogP contribution is 1.96. The Kier molecular flexibility index (Phi) is 4.76. The van der Waals surface area contributed by atoms with Crippen LogP contribution >= 0.6 is 11.6 Å². The summed E-state index contributed by atoms with van der Waals surface area (Å²) >= 11 is 5.65. The molecule has 0 bridgehead atoms. The molecule has 0 amide bonds. The molecule has 0 spiro atoms. The van der Waals surface area contributed by atoms with Gasteiger partial charge in [0.15, 0.2) is 0 Å². The predicted octanol–water partition coefficient (Wildman–Crippen LogP) is 0.532. The van der Waals surface area contributed by atoms with Crippen molar-refractivity contribution in [1.82, 2.24) is 14.5 Å². The maximum atomic E-state index is 11.4. The second kappa shape index (κ2) is 5.86. The van der Waals surface area contributed by atoms with E-state index in [-0.39, 0.29) is 5.02 Å². The van der Waals surface area contributed by atoms with Crippen LogP contribution in [-0.4, -0.2) is 34.1 Å². The van der Waals surface area contributed by atoms with Gasteiger partial charge >= 0.3 is 5.69 Å². The normalized spacial score (nSPS) is 11.0. The molecule has 0 radical (unpaired) electrons. The van der Waals surface area contributed by atoms with E-state index in [1.165, 1.54) is 10.8 Å². The summed E-state index contributed by atoms with van der Waals surface area (Å²) in [5.74, 6) is 0. The van der Waals surface area contributed by atoms with Gasteiger partial charge in [-0.05, 0) is 13.1 Å². The molecule has 1 heterocycles. The molecule has 0 atom stereocenters. The second-order valence-electron chi connectivity index (χ2n) is 3.46. The van der Waals surface area contributed by atoms with Gasteiger partial charge in [-0.2, -0.15) is 0 Å². The molecule has 0 fully saturated rings. The third-order valence-electron chi connectivity index (χ3n) is 2.52. The molecule has 0 aliphatic rings. The lowest BCUT2D eigenvalue weighted by atomic mass is 10.4. The first kappa shape index (κ1) is 13.0. The van der Waals surface area contributed by atoms with Gasteiger partial charge in [-0.3, -0.25) is 14.3 Å². The zero-order valence-electron chi connectivity index (χ0n) is 9.49. The van der Waals surface area contributed by atoms with Gasteiger partial charge in [0.1, 0.15) is 5.02 Å². The van der Waals surface area contributed by atoms with Gasteiger partial charge in [0.05, 0.1) is 0 Å². The number of H-pyrrole nitrogens is 1. The van der Waals surface area contributed by atoms with Gasteiger partial charge in [-0.1, -0.05) is 25.4 Å². The third-order valence-corrected chi connectivity index (χ3v) is 2.79. The number of hydrogen-bond acceptors (Lipinski definition) is 3. The molecule has 0 saturated carbocycles. The Morgan fingerprint density at radius 3 is 2.56 bits per heavy atom. The van der Waals surface area contributed by atoms with Crippen molar-refractivity contribution < 1.29 is 0 Å². The summed E-state index contributed by atoms with van der Waals surface area (Å²) in [7, 11) is 0. The van der Waals surface area contributed by atoms with E-state index in [2.05, 4.69) is 23.7 Å². The average molecular weight is 246 g/mol. The number of nitrogens with one attached hydrogen (secondary N) is 1. The van der Waals surface area contributed by atoms with Gasteiger partial charge < -0.3 is 4.90 Å². The Bertz CT molecular complexity index is 448. The van der Waals surface area contributed by atoms with Crippen LogP contribution in [0.3, 0.4) is 0 Å². The summed E-state index contributed by atoms with van der Waals surface area (Å²) in [6, 6.07) is 0.